The Kier molecular flexibility index (Phi) is 4.48. The number of H-pyrrole nitrogens is 1. The van der Waals surface area contributed by atoms with Crippen LogP contribution in [0.2, 0.25) is 0 Å². The molecule has 20 heavy (non-hydrogen) atoms. The number of nitrogens with two attached hydrogens (primary N) is 1. The zero-order valence-electron chi connectivity index (χ0n) is 11.1. The Hall–Kier alpha value is -1.77. The Bertz CT molecular complexity index is 666. The summed E-state index contributed by atoms with van der Waals surface area (Å²) in [6.45, 7) is 2.02. The minimum absolute atomic E-state index is 0.0726. The lowest BCUT2D eigenvalue weighted by molar-refractivity contribution is 0.579. The SMILES string of the molecule is Cc1[nH]nc(CN)c1S(=O)(=O)NCCc1cccnc1. The average molecular weight is 295 g/mol. The number of nitrogens with zero attached hydrogens (tertiary/aromatic N) is 2. The highest BCUT2D eigenvalue weighted by atomic mass is 32.2. The van der Waals surface area contributed by atoms with E-state index in [0.717, 1.165) is 5.56 Å². The van der Waals surface area contributed by atoms with Crippen molar-refractivity contribution in [3.8, 4) is 0 Å². The Morgan fingerprint density at radius 3 is 2.90 bits per heavy atom. The fraction of sp³-hybridized carbons (Fsp3) is 0.333. The van der Waals surface area contributed by atoms with Crippen LogP contribution in [-0.2, 0) is 23.0 Å². The van der Waals surface area contributed by atoms with Crippen molar-refractivity contribution in [3.63, 3.8) is 0 Å². The molecule has 0 aliphatic rings. The van der Waals surface area contributed by atoms with E-state index in [4.69, 9.17) is 5.73 Å². The molecule has 4 N–H and O–H groups in total. The van der Waals surface area contributed by atoms with Crippen LogP contribution in [0.4, 0.5) is 0 Å². The molecule has 0 aliphatic carbocycles. The van der Waals surface area contributed by atoms with Gasteiger partial charge in [-0.1, -0.05) is 6.07 Å². The van der Waals surface area contributed by atoms with E-state index < -0.39 is 10.0 Å². The summed E-state index contributed by atoms with van der Waals surface area (Å²) in [4.78, 5) is 4.13. The normalized spacial score (nSPS) is 11.7. The molecule has 0 aliphatic heterocycles. The van der Waals surface area contributed by atoms with Crippen LogP contribution in [0.15, 0.2) is 29.4 Å². The fourth-order valence-corrected chi connectivity index (χ4v) is 3.32. The second kappa shape index (κ2) is 6.12. The maximum atomic E-state index is 12.2. The standard InChI is InChI=1S/C12H17N5O2S/c1-9-12(11(7-13)17-16-9)20(18,19)15-6-4-10-3-2-5-14-8-10/h2-3,5,8,15H,4,6-7,13H2,1H3,(H,16,17). The molecule has 0 spiro atoms. The number of aryl methyl sites for hydroxylation is 1. The second-order valence-corrected chi connectivity index (χ2v) is 6.04. The minimum atomic E-state index is -3.60. The number of rotatable bonds is 6. The summed E-state index contributed by atoms with van der Waals surface area (Å²) in [6.07, 6.45) is 3.96. The highest BCUT2D eigenvalue weighted by molar-refractivity contribution is 7.89. The molecule has 0 saturated carbocycles. The summed E-state index contributed by atoms with van der Waals surface area (Å²) < 4.78 is 27.0. The van der Waals surface area contributed by atoms with Gasteiger partial charge in [0.1, 0.15) is 4.90 Å². The van der Waals surface area contributed by atoms with E-state index in [1.165, 1.54) is 0 Å². The topological polar surface area (TPSA) is 114 Å². The maximum Gasteiger partial charge on any atom is 0.244 e. The van der Waals surface area contributed by atoms with Crippen LogP contribution < -0.4 is 10.5 Å². The molecular formula is C12H17N5O2S. The van der Waals surface area contributed by atoms with E-state index in [2.05, 4.69) is 19.9 Å². The molecule has 0 atom stereocenters. The van der Waals surface area contributed by atoms with Crippen molar-refractivity contribution in [3.05, 3.63) is 41.5 Å². The molecule has 2 heterocycles. The van der Waals surface area contributed by atoms with Gasteiger partial charge in [-0.3, -0.25) is 10.1 Å². The Labute approximate surface area is 117 Å². The van der Waals surface area contributed by atoms with Crippen molar-refractivity contribution in [2.75, 3.05) is 6.54 Å². The van der Waals surface area contributed by atoms with Gasteiger partial charge in [-0.2, -0.15) is 5.10 Å². The van der Waals surface area contributed by atoms with Gasteiger partial charge < -0.3 is 5.73 Å². The highest BCUT2D eigenvalue weighted by Gasteiger charge is 2.22. The largest absolute Gasteiger partial charge is 0.325 e. The average Bonchev–Trinajstić information content (AvgIpc) is 2.81. The van der Waals surface area contributed by atoms with Crippen molar-refractivity contribution in [1.82, 2.24) is 19.9 Å². The summed E-state index contributed by atoms with van der Waals surface area (Å²) in [7, 11) is -3.60. The van der Waals surface area contributed by atoms with Crippen LogP contribution in [-0.4, -0.2) is 30.1 Å². The summed E-state index contributed by atoms with van der Waals surface area (Å²) >= 11 is 0. The molecule has 2 aromatic rings. The van der Waals surface area contributed by atoms with Crippen LogP contribution in [0.3, 0.4) is 0 Å². The minimum Gasteiger partial charge on any atom is -0.325 e. The molecule has 8 heteroatoms. The maximum absolute atomic E-state index is 12.2. The first-order valence-corrected chi connectivity index (χ1v) is 7.65. The van der Waals surface area contributed by atoms with Crippen LogP contribution >= 0.6 is 0 Å². The number of hydrogen-bond acceptors (Lipinski definition) is 5. The van der Waals surface area contributed by atoms with Crippen molar-refractivity contribution < 1.29 is 8.42 Å². The molecule has 2 rings (SSSR count). The zero-order valence-corrected chi connectivity index (χ0v) is 11.9. The van der Waals surface area contributed by atoms with Gasteiger partial charge in [0.25, 0.3) is 0 Å². The van der Waals surface area contributed by atoms with Crippen molar-refractivity contribution in [1.29, 1.82) is 0 Å². The van der Waals surface area contributed by atoms with E-state index in [0.29, 0.717) is 24.4 Å². The molecule has 0 unspecified atom stereocenters. The monoisotopic (exact) mass is 295 g/mol. The molecule has 0 amide bonds. The van der Waals surface area contributed by atoms with E-state index in [1.54, 1.807) is 19.3 Å². The smallest absolute Gasteiger partial charge is 0.244 e. The lowest BCUT2D eigenvalue weighted by Crippen LogP contribution is -2.27. The predicted molar refractivity (Wildman–Crippen MR) is 74.3 cm³/mol. The number of hydrogen-bond donors (Lipinski definition) is 3. The van der Waals surface area contributed by atoms with E-state index in [9.17, 15) is 8.42 Å². The van der Waals surface area contributed by atoms with Gasteiger partial charge >= 0.3 is 0 Å². The summed E-state index contributed by atoms with van der Waals surface area (Å²) in [5.41, 5.74) is 7.30. The molecule has 0 aromatic carbocycles. The van der Waals surface area contributed by atoms with Crippen LogP contribution in [0.5, 0.6) is 0 Å². The van der Waals surface area contributed by atoms with Crippen LogP contribution in [0.1, 0.15) is 17.0 Å². The lowest BCUT2D eigenvalue weighted by atomic mass is 10.2. The molecule has 7 nitrogen and oxygen atoms in total. The van der Waals surface area contributed by atoms with Gasteiger partial charge in [-0.25, -0.2) is 13.1 Å². The Morgan fingerprint density at radius 1 is 1.45 bits per heavy atom. The van der Waals surface area contributed by atoms with Crippen molar-refractivity contribution in [2.24, 2.45) is 5.73 Å². The fourth-order valence-electron chi connectivity index (χ4n) is 1.91. The van der Waals surface area contributed by atoms with Gasteiger partial charge in [0.15, 0.2) is 0 Å². The molecule has 0 fully saturated rings. The van der Waals surface area contributed by atoms with Crippen molar-refractivity contribution in [2.45, 2.75) is 24.8 Å². The van der Waals surface area contributed by atoms with E-state index in [-0.39, 0.29) is 11.4 Å². The van der Waals surface area contributed by atoms with Crippen LogP contribution in [0.25, 0.3) is 0 Å². The number of aromatic amines is 1. The quantitative estimate of drug-likeness (QED) is 0.699. The first-order chi connectivity index (χ1) is 9.54. The molecule has 2 aromatic heterocycles. The number of sulfonamides is 1. The highest BCUT2D eigenvalue weighted by Crippen LogP contribution is 2.16. The number of nitrogens with one attached hydrogen (secondary N) is 2. The lowest BCUT2D eigenvalue weighted by Gasteiger charge is -2.07. The van der Waals surface area contributed by atoms with E-state index >= 15 is 0 Å². The summed E-state index contributed by atoms with van der Waals surface area (Å²) in [6, 6.07) is 3.71. The zero-order chi connectivity index (χ0) is 14.6. The molecule has 0 bridgehead atoms. The summed E-state index contributed by atoms with van der Waals surface area (Å²) in [5.74, 6) is 0. The van der Waals surface area contributed by atoms with Gasteiger partial charge in [-0.15, -0.1) is 0 Å². The van der Waals surface area contributed by atoms with Crippen LogP contribution in [0, 0.1) is 6.92 Å². The predicted octanol–water partition coefficient (Wildman–Crippen LogP) is 0.0928. The third-order valence-corrected chi connectivity index (χ3v) is 4.52. The molecule has 0 radical (unpaired) electrons. The number of aromatic nitrogens is 3. The second-order valence-electron chi connectivity index (χ2n) is 4.34. The third kappa shape index (κ3) is 3.21. The van der Waals surface area contributed by atoms with Gasteiger partial charge in [0.2, 0.25) is 10.0 Å². The molecular weight excluding hydrogens is 278 g/mol. The van der Waals surface area contributed by atoms with Crippen molar-refractivity contribution >= 4 is 10.0 Å². The first-order valence-electron chi connectivity index (χ1n) is 6.17. The third-order valence-electron chi connectivity index (χ3n) is 2.85. The van der Waals surface area contributed by atoms with Gasteiger partial charge in [-0.05, 0) is 25.0 Å². The molecule has 0 saturated heterocycles. The Morgan fingerprint density at radius 2 is 2.25 bits per heavy atom. The van der Waals surface area contributed by atoms with Gasteiger partial charge in [0.05, 0.1) is 11.4 Å². The summed E-state index contributed by atoms with van der Waals surface area (Å²) in [5, 5.41) is 6.53. The van der Waals surface area contributed by atoms with E-state index in [1.807, 2.05) is 12.1 Å². The first kappa shape index (κ1) is 14.6. The molecule has 108 valence electrons. The Balaban J connectivity index is 2.06. The van der Waals surface area contributed by atoms with Gasteiger partial charge in [0, 0.05) is 25.5 Å². The number of pyridine rings is 1.